The van der Waals surface area contributed by atoms with Crippen molar-refractivity contribution < 1.29 is 14.5 Å². The maximum atomic E-state index is 12.2. The summed E-state index contributed by atoms with van der Waals surface area (Å²) in [5, 5.41) is 13.9. The molecule has 154 valence electrons. The molecule has 0 saturated heterocycles. The van der Waals surface area contributed by atoms with Gasteiger partial charge in [-0.3, -0.25) is 4.79 Å². The van der Waals surface area contributed by atoms with Gasteiger partial charge in [-0.1, -0.05) is 60.7 Å². The summed E-state index contributed by atoms with van der Waals surface area (Å²) >= 11 is 0. The average Bonchev–Trinajstić information content (AvgIpc) is 2.77. The van der Waals surface area contributed by atoms with Crippen LogP contribution >= 0.6 is 0 Å². The molecule has 0 spiro atoms. The third-order valence-electron chi connectivity index (χ3n) is 4.67. The Morgan fingerprint density at radius 2 is 1.63 bits per heavy atom. The van der Waals surface area contributed by atoms with E-state index in [0.717, 1.165) is 0 Å². The number of aryl methyl sites for hydroxylation is 1. The number of rotatable bonds is 9. The fraction of sp³-hybridized carbons (Fsp3) is 0.217. The van der Waals surface area contributed by atoms with Crippen LogP contribution in [0.5, 0.6) is 5.75 Å². The van der Waals surface area contributed by atoms with Crippen LogP contribution in [0.3, 0.4) is 0 Å². The highest BCUT2D eigenvalue weighted by atomic mass is 16.6. The predicted molar refractivity (Wildman–Crippen MR) is 113 cm³/mol. The summed E-state index contributed by atoms with van der Waals surface area (Å²) in [6, 6.07) is 23.3. The Kier molecular flexibility index (Phi) is 7.10. The SMILES string of the molecule is Cc1ccc(OCC(=O)NCCC(c2ccccc2)c2ccccc2)c([N+](=O)[O-])n1. The molecule has 2 aromatic carbocycles. The van der Waals surface area contributed by atoms with E-state index in [0.29, 0.717) is 18.7 Å². The fourth-order valence-electron chi connectivity index (χ4n) is 3.22. The third-order valence-corrected chi connectivity index (χ3v) is 4.67. The van der Waals surface area contributed by atoms with Crippen LogP contribution in [0, 0.1) is 17.0 Å². The lowest BCUT2D eigenvalue weighted by atomic mass is 9.88. The minimum atomic E-state index is -0.620. The van der Waals surface area contributed by atoms with Crippen molar-refractivity contribution in [3.8, 4) is 5.75 Å². The minimum absolute atomic E-state index is 0.0211. The summed E-state index contributed by atoms with van der Waals surface area (Å²) in [6.45, 7) is 1.79. The first-order valence-corrected chi connectivity index (χ1v) is 9.66. The summed E-state index contributed by atoms with van der Waals surface area (Å²) in [5.41, 5.74) is 2.86. The van der Waals surface area contributed by atoms with E-state index in [1.54, 1.807) is 13.0 Å². The molecule has 0 fully saturated rings. The van der Waals surface area contributed by atoms with E-state index in [4.69, 9.17) is 4.74 Å². The molecule has 0 radical (unpaired) electrons. The van der Waals surface area contributed by atoms with E-state index in [-0.39, 0.29) is 24.2 Å². The van der Waals surface area contributed by atoms with Gasteiger partial charge in [0, 0.05) is 19.4 Å². The molecule has 7 heteroatoms. The van der Waals surface area contributed by atoms with Gasteiger partial charge in [-0.05, 0) is 39.6 Å². The summed E-state index contributed by atoms with van der Waals surface area (Å²) in [7, 11) is 0. The number of pyridine rings is 1. The molecule has 1 heterocycles. The molecule has 0 unspecified atom stereocenters. The van der Waals surface area contributed by atoms with Crippen LogP contribution in [0.1, 0.15) is 29.2 Å². The number of benzene rings is 2. The minimum Gasteiger partial charge on any atom is -0.476 e. The molecule has 0 bridgehead atoms. The van der Waals surface area contributed by atoms with Crippen molar-refractivity contribution in [2.75, 3.05) is 13.2 Å². The molecule has 0 atom stereocenters. The van der Waals surface area contributed by atoms with Crippen molar-refractivity contribution >= 4 is 11.7 Å². The van der Waals surface area contributed by atoms with Crippen molar-refractivity contribution in [3.63, 3.8) is 0 Å². The molecule has 3 rings (SSSR count). The van der Waals surface area contributed by atoms with E-state index in [9.17, 15) is 14.9 Å². The summed E-state index contributed by atoms with van der Waals surface area (Å²) in [6.07, 6.45) is 0.714. The standard InChI is InChI=1S/C23H23N3O4/c1-17-12-13-21(23(25-17)26(28)29)30-16-22(27)24-15-14-20(18-8-4-2-5-9-18)19-10-6-3-7-11-19/h2-13,20H,14-16H2,1H3,(H,24,27). The Balaban J connectivity index is 1.57. The van der Waals surface area contributed by atoms with E-state index in [1.807, 2.05) is 36.4 Å². The van der Waals surface area contributed by atoms with Crippen LogP contribution in [0.2, 0.25) is 0 Å². The van der Waals surface area contributed by atoms with Gasteiger partial charge in [0.15, 0.2) is 6.61 Å². The van der Waals surface area contributed by atoms with Crippen LogP contribution in [0.15, 0.2) is 72.8 Å². The van der Waals surface area contributed by atoms with Crippen molar-refractivity contribution in [2.24, 2.45) is 0 Å². The van der Waals surface area contributed by atoms with Crippen molar-refractivity contribution in [3.05, 3.63) is 99.7 Å². The first kappa shape index (κ1) is 21.0. The quantitative estimate of drug-likeness (QED) is 0.429. The number of aromatic nitrogens is 1. The van der Waals surface area contributed by atoms with Crippen LogP contribution < -0.4 is 10.1 Å². The van der Waals surface area contributed by atoms with Gasteiger partial charge in [0.25, 0.3) is 5.91 Å². The zero-order valence-corrected chi connectivity index (χ0v) is 16.7. The van der Waals surface area contributed by atoms with Crippen LogP contribution in [-0.4, -0.2) is 29.0 Å². The van der Waals surface area contributed by atoms with E-state index < -0.39 is 10.7 Å². The van der Waals surface area contributed by atoms with Crippen LogP contribution in [0.4, 0.5) is 5.82 Å². The molecule has 3 aromatic rings. The van der Waals surface area contributed by atoms with Crippen LogP contribution in [-0.2, 0) is 4.79 Å². The maximum absolute atomic E-state index is 12.2. The molecule has 1 amide bonds. The highest BCUT2D eigenvalue weighted by Gasteiger charge is 2.19. The van der Waals surface area contributed by atoms with Gasteiger partial charge in [-0.25, -0.2) is 0 Å². The van der Waals surface area contributed by atoms with Gasteiger partial charge in [0.05, 0.1) is 0 Å². The third kappa shape index (κ3) is 5.64. The number of hydrogen-bond acceptors (Lipinski definition) is 5. The molecular formula is C23H23N3O4. The van der Waals surface area contributed by atoms with Crippen LogP contribution in [0.25, 0.3) is 0 Å². The van der Waals surface area contributed by atoms with Gasteiger partial charge < -0.3 is 20.2 Å². The van der Waals surface area contributed by atoms with Crippen molar-refractivity contribution in [2.45, 2.75) is 19.3 Å². The normalized spacial score (nSPS) is 10.6. The lowest BCUT2D eigenvalue weighted by Crippen LogP contribution is -2.30. The van der Waals surface area contributed by atoms with E-state index >= 15 is 0 Å². The second-order valence-electron chi connectivity index (χ2n) is 6.83. The second kappa shape index (κ2) is 10.2. The smallest absolute Gasteiger partial charge is 0.406 e. The second-order valence-corrected chi connectivity index (χ2v) is 6.83. The Labute approximate surface area is 174 Å². The highest BCUT2D eigenvalue weighted by molar-refractivity contribution is 5.77. The van der Waals surface area contributed by atoms with Gasteiger partial charge in [0.2, 0.25) is 5.75 Å². The van der Waals surface area contributed by atoms with E-state index in [1.165, 1.54) is 17.2 Å². The highest BCUT2D eigenvalue weighted by Crippen LogP contribution is 2.27. The number of amides is 1. The lowest BCUT2D eigenvalue weighted by Gasteiger charge is -2.18. The molecule has 0 saturated carbocycles. The van der Waals surface area contributed by atoms with Crippen molar-refractivity contribution in [1.29, 1.82) is 0 Å². The fourth-order valence-corrected chi connectivity index (χ4v) is 3.22. The molecule has 1 aromatic heterocycles. The largest absolute Gasteiger partial charge is 0.476 e. The van der Waals surface area contributed by atoms with E-state index in [2.05, 4.69) is 34.6 Å². The summed E-state index contributed by atoms with van der Waals surface area (Å²) < 4.78 is 5.33. The average molecular weight is 405 g/mol. The topological polar surface area (TPSA) is 94.4 Å². The molecule has 0 aliphatic carbocycles. The zero-order valence-electron chi connectivity index (χ0n) is 16.7. The first-order valence-electron chi connectivity index (χ1n) is 9.66. The lowest BCUT2D eigenvalue weighted by molar-refractivity contribution is -0.390. The number of ether oxygens (including phenoxy) is 1. The van der Waals surface area contributed by atoms with Gasteiger partial charge in [-0.15, -0.1) is 0 Å². The summed E-state index contributed by atoms with van der Waals surface area (Å²) in [5.74, 6) is -0.607. The Hall–Kier alpha value is -3.74. The number of nitrogens with zero attached hydrogens (tertiary/aromatic N) is 2. The number of carbonyl (C=O) groups is 1. The Bertz CT molecular complexity index is 954. The number of nitrogens with one attached hydrogen (secondary N) is 1. The molecular weight excluding hydrogens is 382 g/mol. The van der Waals surface area contributed by atoms with Gasteiger partial charge >= 0.3 is 5.82 Å². The molecule has 0 aliphatic rings. The molecule has 1 N–H and O–H groups in total. The van der Waals surface area contributed by atoms with Gasteiger partial charge in [-0.2, -0.15) is 0 Å². The zero-order chi connectivity index (χ0) is 21.3. The molecule has 30 heavy (non-hydrogen) atoms. The molecule has 7 nitrogen and oxygen atoms in total. The van der Waals surface area contributed by atoms with Gasteiger partial charge in [0.1, 0.15) is 5.69 Å². The number of nitro groups is 1. The number of carbonyl (C=O) groups excluding carboxylic acids is 1. The predicted octanol–water partition coefficient (Wildman–Crippen LogP) is 4.02. The Morgan fingerprint density at radius 1 is 1.03 bits per heavy atom. The molecule has 0 aliphatic heterocycles. The first-order chi connectivity index (χ1) is 14.5. The Morgan fingerprint density at radius 3 is 2.20 bits per heavy atom. The van der Waals surface area contributed by atoms with Crippen molar-refractivity contribution in [1.82, 2.24) is 10.3 Å². The monoisotopic (exact) mass is 405 g/mol. The summed E-state index contributed by atoms with van der Waals surface area (Å²) in [4.78, 5) is 26.5. The maximum Gasteiger partial charge on any atom is 0.406 e. The number of hydrogen-bond donors (Lipinski definition) is 1.